The number of anilines is 1. The number of esters is 1. The monoisotopic (exact) mass is 290 g/mol. The van der Waals surface area contributed by atoms with Crippen molar-refractivity contribution in [2.75, 3.05) is 19.1 Å². The van der Waals surface area contributed by atoms with Gasteiger partial charge in [-0.2, -0.15) is 0 Å². The molecule has 0 aromatic carbocycles. The predicted octanol–water partition coefficient (Wildman–Crippen LogP) is 1.29. The van der Waals surface area contributed by atoms with Crippen molar-refractivity contribution < 1.29 is 9.53 Å². The quantitative estimate of drug-likeness (QED) is 0.846. The van der Waals surface area contributed by atoms with Crippen LogP contribution in [0.2, 0.25) is 0 Å². The topological polar surface area (TPSA) is 67.3 Å². The molecular weight excluding hydrogens is 268 g/mol. The van der Waals surface area contributed by atoms with Crippen molar-refractivity contribution in [3.8, 4) is 0 Å². The average Bonchev–Trinajstić information content (AvgIpc) is 2.83. The Hall–Kier alpha value is -1.69. The summed E-state index contributed by atoms with van der Waals surface area (Å²) in [6.07, 6.45) is 4.80. The summed E-state index contributed by atoms with van der Waals surface area (Å²) < 4.78 is 4.72. The van der Waals surface area contributed by atoms with Crippen LogP contribution in [0.25, 0.3) is 0 Å². The van der Waals surface area contributed by atoms with E-state index in [1.165, 1.54) is 20.0 Å². The zero-order chi connectivity index (χ0) is 15.0. The molecule has 0 saturated carbocycles. The van der Waals surface area contributed by atoms with Crippen molar-refractivity contribution in [3.63, 3.8) is 0 Å². The van der Waals surface area contributed by atoms with Gasteiger partial charge in [-0.05, 0) is 32.6 Å². The summed E-state index contributed by atoms with van der Waals surface area (Å²) in [5.41, 5.74) is 0.782. The number of nitrogens with zero attached hydrogens (tertiary/aromatic N) is 3. The zero-order valence-corrected chi connectivity index (χ0v) is 12.8. The lowest BCUT2D eigenvalue weighted by molar-refractivity contribution is 0.0586. The summed E-state index contributed by atoms with van der Waals surface area (Å²) in [5.74, 6) is 0.448. The first kappa shape index (κ1) is 14.3. The summed E-state index contributed by atoms with van der Waals surface area (Å²) in [5, 5.41) is 3.64. The second kappa shape index (κ2) is 5.60. The maximum absolute atomic E-state index is 11.7. The molecule has 21 heavy (non-hydrogen) atoms. The van der Waals surface area contributed by atoms with Crippen LogP contribution >= 0.6 is 0 Å². The van der Waals surface area contributed by atoms with Crippen LogP contribution in [0.4, 0.5) is 5.82 Å². The first-order valence-electron chi connectivity index (χ1n) is 7.49. The largest absolute Gasteiger partial charge is 0.463 e. The molecule has 0 spiro atoms. The van der Waals surface area contributed by atoms with E-state index in [-0.39, 0.29) is 5.82 Å². The molecule has 2 saturated heterocycles. The van der Waals surface area contributed by atoms with Gasteiger partial charge >= 0.3 is 5.97 Å². The van der Waals surface area contributed by atoms with Crippen molar-refractivity contribution in [1.82, 2.24) is 15.3 Å². The van der Waals surface area contributed by atoms with Crippen LogP contribution in [0.5, 0.6) is 0 Å². The maximum Gasteiger partial charge on any atom is 0.376 e. The van der Waals surface area contributed by atoms with E-state index < -0.39 is 5.97 Å². The summed E-state index contributed by atoms with van der Waals surface area (Å²) >= 11 is 0. The normalized spacial score (nSPS) is 27.5. The van der Waals surface area contributed by atoms with E-state index in [4.69, 9.17) is 4.74 Å². The lowest BCUT2D eigenvalue weighted by atomic mass is 9.98. The minimum Gasteiger partial charge on any atom is -0.463 e. The van der Waals surface area contributed by atoms with Crippen LogP contribution in [0.1, 0.15) is 42.0 Å². The Bertz CT molecular complexity index is 536. The van der Waals surface area contributed by atoms with Crippen molar-refractivity contribution in [1.29, 1.82) is 0 Å². The number of carbonyl (C=O) groups excluding carboxylic acids is 1. The molecule has 2 aliphatic heterocycles. The fraction of sp³-hybridized carbons (Fsp3) is 0.667. The van der Waals surface area contributed by atoms with Gasteiger partial charge in [0.05, 0.1) is 7.11 Å². The lowest BCUT2D eigenvalue weighted by Gasteiger charge is -2.36. The fourth-order valence-electron chi connectivity index (χ4n) is 3.45. The van der Waals surface area contributed by atoms with Crippen LogP contribution in [0, 0.1) is 6.92 Å². The van der Waals surface area contributed by atoms with Crippen molar-refractivity contribution in [3.05, 3.63) is 17.6 Å². The Morgan fingerprint density at radius 3 is 2.62 bits per heavy atom. The fourth-order valence-corrected chi connectivity index (χ4v) is 3.45. The van der Waals surface area contributed by atoms with Gasteiger partial charge in [-0.15, -0.1) is 0 Å². The van der Waals surface area contributed by atoms with Gasteiger partial charge in [-0.1, -0.05) is 0 Å². The highest BCUT2D eigenvalue weighted by Gasteiger charge is 2.35. The Labute approximate surface area is 124 Å². The Morgan fingerprint density at radius 2 is 2.00 bits per heavy atom. The maximum atomic E-state index is 11.7. The highest BCUT2D eigenvalue weighted by atomic mass is 16.5. The molecule has 6 heteroatoms. The molecule has 2 unspecified atom stereocenters. The van der Waals surface area contributed by atoms with E-state index in [0.29, 0.717) is 18.1 Å². The van der Waals surface area contributed by atoms with Gasteiger partial charge in [0.15, 0.2) is 0 Å². The van der Waals surface area contributed by atoms with Gasteiger partial charge in [0.25, 0.3) is 0 Å². The number of carbonyl (C=O) groups is 1. The third-order valence-corrected chi connectivity index (χ3v) is 4.57. The standard InChI is InChI=1S/C15H22N4O2/c1-9-6-13(18-14(16-9)15(20)21-3)19(2)12-7-10-4-5-11(8-12)17-10/h6,10-12,17H,4-5,7-8H2,1-3H3. The third-order valence-electron chi connectivity index (χ3n) is 4.57. The molecule has 2 aliphatic rings. The van der Waals surface area contributed by atoms with E-state index in [1.54, 1.807) is 0 Å². The molecular formula is C15H22N4O2. The zero-order valence-electron chi connectivity index (χ0n) is 12.8. The molecule has 2 atom stereocenters. The van der Waals surface area contributed by atoms with Gasteiger partial charge in [-0.25, -0.2) is 14.8 Å². The molecule has 1 aromatic rings. The average molecular weight is 290 g/mol. The second-order valence-electron chi connectivity index (χ2n) is 6.06. The summed E-state index contributed by atoms with van der Waals surface area (Å²) in [7, 11) is 3.40. The second-order valence-corrected chi connectivity index (χ2v) is 6.06. The first-order chi connectivity index (χ1) is 10.1. The number of nitrogens with one attached hydrogen (secondary N) is 1. The number of rotatable bonds is 3. The molecule has 3 rings (SSSR count). The number of ether oxygens (including phenoxy) is 1. The number of hydrogen-bond acceptors (Lipinski definition) is 6. The number of fused-ring (bicyclic) bond motifs is 2. The molecule has 2 fully saturated rings. The number of piperidine rings is 1. The van der Waals surface area contributed by atoms with Gasteiger partial charge in [0.2, 0.25) is 5.82 Å². The Balaban J connectivity index is 1.82. The minimum absolute atomic E-state index is 0.135. The first-order valence-corrected chi connectivity index (χ1v) is 7.49. The molecule has 114 valence electrons. The van der Waals surface area contributed by atoms with Crippen LogP contribution < -0.4 is 10.2 Å². The number of methoxy groups -OCH3 is 1. The Kier molecular flexibility index (Phi) is 3.80. The van der Waals surface area contributed by atoms with Crippen LogP contribution in [0.15, 0.2) is 6.07 Å². The van der Waals surface area contributed by atoms with Crippen LogP contribution in [-0.4, -0.2) is 48.2 Å². The lowest BCUT2D eigenvalue weighted by Crippen LogP contribution is -2.47. The SMILES string of the molecule is COC(=O)c1nc(C)cc(N(C)C2CC3CCC(C2)N3)n1. The highest BCUT2D eigenvalue weighted by Crippen LogP contribution is 2.31. The van der Waals surface area contributed by atoms with Crippen molar-refractivity contribution >= 4 is 11.8 Å². The molecule has 1 aromatic heterocycles. The number of aromatic nitrogens is 2. The van der Waals surface area contributed by atoms with Gasteiger partial charge in [-0.3, -0.25) is 0 Å². The van der Waals surface area contributed by atoms with Gasteiger partial charge in [0, 0.05) is 36.9 Å². The van der Waals surface area contributed by atoms with E-state index in [2.05, 4.69) is 27.2 Å². The molecule has 0 aliphatic carbocycles. The number of aryl methyl sites for hydroxylation is 1. The molecule has 3 heterocycles. The minimum atomic E-state index is -0.487. The molecule has 0 amide bonds. The molecule has 1 N–H and O–H groups in total. The van der Waals surface area contributed by atoms with E-state index in [0.717, 1.165) is 24.4 Å². The third kappa shape index (κ3) is 2.85. The van der Waals surface area contributed by atoms with E-state index >= 15 is 0 Å². The Morgan fingerprint density at radius 1 is 1.33 bits per heavy atom. The predicted molar refractivity (Wildman–Crippen MR) is 79.5 cm³/mol. The molecule has 6 nitrogen and oxygen atoms in total. The van der Waals surface area contributed by atoms with Crippen molar-refractivity contribution in [2.24, 2.45) is 0 Å². The molecule has 0 radical (unpaired) electrons. The smallest absolute Gasteiger partial charge is 0.376 e. The van der Waals surface area contributed by atoms with Gasteiger partial charge in [0.1, 0.15) is 5.82 Å². The van der Waals surface area contributed by atoms with Gasteiger partial charge < -0.3 is 15.0 Å². The summed E-state index contributed by atoms with van der Waals surface area (Å²) in [6, 6.07) is 3.64. The van der Waals surface area contributed by atoms with E-state index in [1.807, 2.05) is 13.0 Å². The summed E-state index contributed by atoms with van der Waals surface area (Å²) in [4.78, 5) is 22.4. The number of hydrogen-bond donors (Lipinski definition) is 1. The van der Waals surface area contributed by atoms with Crippen LogP contribution in [-0.2, 0) is 4.74 Å². The highest BCUT2D eigenvalue weighted by molar-refractivity contribution is 5.85. The molecule has 2 bridgehead atoms. The van der Waals surface area contributed by atoms with Crippen LogP contribution in [0.3, 0.4) is 0 Å². The van der Waals surface area contributed by atoms with E-state index in [9.17, 15) is 4.79 Å². The van der Waals surface area contributed by atoms with Crippen molar-refractivity contribution in [2.45, 2.75) is 50.7 Å². The summed E-state index contributed by atoms with van der Waals surface area (Å²) in [6.45, 7) is 1.87.